The molecule has 1 aliphatic carbocycles. The van der Waals surface area contributed by atoms with E-state index in [1.165, 1.54) is 6.07 Å². The fraction of sp³-hybridized carbons (Fsp3) is 0.538. The van der Waals surface area contributed by atoms with Gasteiger partial charge in [-0.3, -0.25) is 0 Å². The largest absolute Gasteiger partial charge is 0.325 e. The third kappa shape index (κ3) is 2.09. The van der Waals surface area contributed by atoms with Crippen LogP contribution >= 0.6 is 0 Å². The second-order valence-electron chi connectivity index (χ2n) is 4.96. The first-order valence-electron chi connectivity index (χ1n) is 5.66. The van der Waals surface area contributed by atoms with Gasteiger partial charge in [0, 0.05) is 5.54 Å². The average molecular weight is 225 g/mol. The molecule has 16 heavy (non-hydrogen) atoms. The maximum absolute atomic E-state index is 13.8. The average Bonchev–Trinajstić information content (AvgIpc) is 2.94. The van der Waals surface area contributed by atoms with Crippen LogP contribution in [-0.4, -0.2) is 5.54 Å². The Bertz CT molecular complexity index is 396. The second-order valence-corrected chi connectivity index (χ2v) is 4.96. The highest BCUT2D eigenvalue weighted by molar-refractivity contribution is 5.34. The molecule has 0 radical (unpaired) electrons. The summed E-state index contributed by atoms with van der Waals surface area (Å²) in [6.45, 7) is 3.22. The summed E-state index contributed by atoms with van der Waals surface area (Å²) < 4.78 is 27.3. The quantitative estimate of drug-likeness (QED) is 0.840. The van der Waals surface area contributed by atoms with Crippen molar-refractivity contribution >= 4 is 0 Å². The van der Waals surface area contributed by atoms with E-state index >= 15 is 0 Å². The topological polar surface area (TPSA) is 26.0 Å². The number of aryl methyl sites for hydroxylation is 1. The summed E-state index contributed by atoms with van der Waals surface area (Å²) in [6, 6.07) is 1.25. The molecule has 1 nitrogen and oxygen atoms in total. The van der Waals surface area contributed by atoms with Gasteiger partial charge in [0.15, 0.2) is 0 Å². The highest BCUT2D eigenvalue weighted by atomic mass is 19.1. The predicted octanol–water partition coefficient (Wildman–Crippen LogP) is 3.01. The summed E-state index contributed by atoms with van der Waals surface area (Å²) in [4.78, 5) is 0. The van der Waals surface area contributed by atoms with Gasteiger partial charge in [0.2, 0.25) is 0 Å². The van der Waals surface area contributed by atoms with E-state index < -0.39 is 0 Å². The molecule has 1 aromatic carbocycles. The number of hydrogen-bond acceptors (Lipinski definition) is 1. The first-order valence-corrected chi connectivity index (χ1v) is 5.66. The summed E-state index contributed by atoms with van der Waals surface area (Å²) in [5, 5.41) is 0. The highest BCUT2D eigenvalue weighted by Gasteiger charge is 2.37. The lowest BCUT2D eigenvalue weighted by Gasteiger charge is -2.13. The van der Waals surface area contributed by atoms with Crippen LogP contribution in [0.15, 0.2) is 6.07 Å². The lowest BCUT2D eigenvalue weighted by molar-refractivity contribution is 0.546. The molecule has 0 saturated heterocycles. The van der Waals surface area contributed by atoms with Crippen LogP contribution in [0.5, 0.6) is 0 Å². The first-order chi connectivity index (χ1) is 7.43. The molecule has 2 N–H and O–H groups in total. The number of halogens is 2. The molecular weight excluding hydrogens is 208 g/mol. The summed E-state index contributed by atoms with van der Waals surface area (Å²) >= 11 is 0. The van der Waals surface area contributed by atoms with Gasteiger partial charge in [0.1, 0.15) is 11.6 Å². The van der Waals surface area contributed by atoms with Crippen LogP contribution in [0.4, 0.5) is 8.78 Å². The highest BCUT2D eigenvalue weighted by Crippen LogP contribution is 2.37. The predicted molar refractivity (Wildman–Crippen MR) is 60.3 cm³/mol. The summed E-state index contributed by atoms with van der Waals surface area (Å²) in [7, 11) is 0. The Labute approximate surface area is 94.7 Å². The fourth-order valence-corrected chi connectivity index (χ4v) is 1.99. The molecule has 88 valence electrons. The molecule has 0 aromatic heterocycles. The Kier molecular flexibility index (Phi) is 2.74. The van der Waals surface area contributed by atoms with E-state index in [0.29, 0.717) is 23.1 Å². The number of rotatable bonds is 3. The fourth-order valence-electron chi connectivity index (χ4n) is 1.99. The van der Waals surface area contributed by atoms with Gasteiger partial charge in [-0.15, -0.1) is 0 Å². The van der Waals surface area contributed by atoms with Gasteiger partial charge in [-0.25, -0.2) is 8.78 Å². The lowest BCUT2D eigenvalue weighted by Crippen LogP contribution is -2.22. The van der Waals surface area contributed by atoms with E-state index in [1.54, 1.807) is 13.8 Å². The van der Waals surface area contributed by atoms with E-state index in [-0.39, 0.29) is 17.2 Å². The molecule has 1 fully saturated rings. The Hall–Kier alpha value is -0.960. The number of hydrogen-bond donors (Lipinski definition) is 1. The molecule has 0 heterocycles. The van der Waals surface area contributed by atoms with Crippen molar-refractivity contribution in [3.63, 3.8) is 0 Å². The Morgan fingerprint density at radius 3 is 2.50 bits per heavy atom. The minimum absolute atomic E-state index is 0.112. The van der Waals surface area contributed by atoms with Crippen molar-refractivity contribution in [2.24, 2.45) is 5.73 Å². The monoisotopic (exact) mass is 225 g/mol. The van der Waals surface area contributed by atoms with E-state index in [0.717, 1.165) is 19.3 Å². The number of nitrogens with two attached hydrogens (primary N) is 1. The van der Waals surface area contributed by atoms with E-state index in [2.05, 4.69) is 0 Å². The summed E-state index contributed by atoms with van der Waals surface area (Å²) in [6.07, 6.45) is 3.28. The minimum Gasteiger partial charge on any atom is -0.325 e. The van der Waals surface area contributed by atoms with Gasteiger partial charge in [0.25, 0.3) is 0 Å². The molecule has 0 spiro atoms. The standard InChI is InChI=1S/C13H17F2N/c1-8-7-11(14)9(2)10(12(8)15)3-4-13(16)5-6-13/h7H,3-6,16H2,1-2H3. The van der Waals surface area contributed by atoms with Crippen molar-refractivity contribution in [1.82, 2.24) is 0 Å². The van der Waals surface area contributed by atoms with Crippen LogP contribution in [0.3, 0.4) is 0 Å². The lowest BCUT2D eigenvalue weighted by atomic mass is 9.97. The number of benzene rings is 1. The molecule has 0 aliphatic heterocycles. The third-order valence-electron chi connectivity index (χ3n) is 3.53. The van der Waals surface area contributed by atoms with Crippen molar-refractivity contribution in [3.8, 4) is 0 Å². The minimum atomic E-state index is -0.323. The molecule has 0 atom stereocenters. The Morgan fingerprint density at radius 1 is 1.31 bits per heavy atom. The van der Waals surface area contributed by atoms with Crippen molar-refractivity contribution in [2.45, 2.75) is 45.1 Å². The zero-order valence-corrected chi connectivity index (χ0v) is 9.74. The van der Waals surface area contributed by atoms with Crippen molar-refractivity contribution < 1.29 is 8.78 Å². The van der Waals surface area contributed by atoms with Gasteiger partial charge in [0.05, 0.1) is 0 Å². The van der Waals surface area contributed by atoms with E-state index in [4.69, 9.17) is 5.73 Å². The molecule has 1 saturated carbocycles. The SMILES string of the molecule is Cc1cc(F)c(C)c(CCC2(N)CC2)c1F. The Morgan fingerprint density at radius 2 is 1.94 bits per heavy atom. The first kappa shape index (κ1) is 11.5. The van der Waals surface area contributed by atoms with E-state index in [1.807, 2.05) is 0 Å². The van der Waals surface area contributed by atoms with Gasteiger partial charge < -0.3 is 5.73 Å². The maximum Gasteiger partial charge on any atom is 0.129 e. The molecule has 0 amide bonds. The zero-order valence-electron chi connectivity index (χ0n) is 9.74. The smallest absolute Gasteiger partial charge is 0.129 e. The molecular formula is C13H17F2N. The van der Waals surface area contributed by atoms with E-state index in [9.17, 15) is 8.78 Å². The third-order valence-corrected chi connectivity index (χ3v) is 3.53. The zero-order chi connectivity index (χ0) is 11.9. The molecule has 0 unspecified atom stereocenters. The van der Waals surface area contributed by atoms with Crippen LogP contribution in [0, 0.1) is 25.5 Å². The molecule has 3 heteroatoms. The van der Waals surface area contributed by atoms with Crippen LogP contribution in [-0.2, 0) is 6.42 Å². The van der Waals surface area contributed by atoms with Crippen LogP contribution in [0.25, 0.3) is 0 Å². The Balaban J connectivity index is 2.24. The maximum atomic E-state index is 13.8. The summed E-state index contributed by atoms with van der Waals surface area (Å²) in [5.74, 6) is -0.598. The van der Waals surface area contributed by atoms with Crippen molar-refractivity contribution in [2.75, 3.05) is 0 Å². The normalized spacial score (nSPS) is 17.6. The van der Waals surface area contributed by atoms with Crippen LogP contribution in [0.2, 0.25) is 0 Å². The molecule has 1 aromatic rings. The molecule has 0 bridgehead atoms. The molecule has 2 rings (SSSR count). The molecule has 1 aliphatic rings. The van der Waals surface area contributed by atoms with Crippen molar-refractivity contribution in [1.29, 1.82) is 0 Å². The van der Waals surface area contributed by atoms with Gasteiger partial charge in [-0.05, 0) is 62.3 Å². The second kappa shape index (κ2) is 3.81. The van der Waals surface area contributed by atoms with Crippen LogP contribution in [0.1, 0.15) is 36.0 Å². The summed E-state index contributed by atoms with van der Waals surface area (Å²) in [5.41, 5.74) is 7.14. The van der Waals surface area contributed by atoms with Gasteiger partial charge in [-0.2, -0.15) is 0 Å². The van der Waals surface area contributed by atoms with Crippen molar-refractivity contribution in [3.05, 3.63) is 34.4 Å². The van der Waals surface area contributed by atoms with Gasteiger partial charge >= 0.3 is 0 Å². The van der Waals surface area contributed by atoms with Gasteiger partial charge in [-0.1, -0.05) is 0 Å². The van der Waals surface area contributed by atoms with Crippen LogP contribution < -0.4 is 5.73 Å².